The van der Waals surface area contributed by atoms with Crippen LogP contribution in [0.1, 0.15) is 0 Å². The smallest absolute Gasteiger partial charge is 0.234 e. The highest BCUT2D eigenvalue weighted by Crippen LogP contribution is 2.30. The normalized spacial score (nSPS) is 10.6. The lowest BCUT2D eigenvalue weighted by molar-refractivity contribution is -0.113. The van der Waals surface area contributed by atoms with E-state index in [1.807, 2.05) is 12.1 Å². The van der Waals surface area contributed by atoms with Gasteiger partial charge in [0.05, 0.1) is 21.5 Å². The Bertz CT molecular complexity index is 836. The van der Waals surface area contributed by atoms with Crippen molar-refractivity contribution in [2.24, 2.45) is 0 Å². The molecule has 0 fully saturated rings. The first-order chi connectivity index (χ1) is 11.6. The Kier molecular flexibility index (Phi) is 5.34. The molecule has 6 nitrogen and oxygen atoms in total. The Morgan fingerprint density at radius 3 is 2.58 bits per heavy atom. The molecule has 0 unspecified atom stereocenters. The van der Waals surface area contributed by atoms with Crippen molar-refractivity contribution >= 4 is 46.6 Å². The van der Waals surface area contributed by atoms with E-state index in [0.29, 0.717) is 26.7 Å². The van der Waals surface area contributed by atoms with Gasteiger partial charge in [0.2, 0.25) is 11.1 Å². The number of pyridine rings is 1. The van der Waals surface area contributed by atoms with Gasteiger partial charge < -0.3 is 5.32 Å². The lowest BCUT2D eigenvalue weighted by Gasteiger charge is -2.08. The van der Waals surface area contributed by atoms with E-state index in [4.69, 9.17) is 23.2 Å². The third-order valence-corrected chi connectivity index (χ3v) is 4.46. The van der Waals surface area contributed by atoms with E-state index in [9.17, 15) is 4.79 Å². The van der Waals surface area contributed by atoms with Gasteiger partial charge in [-0.05, 0) is 24.3 Å². The maximum atomic E-state index is 12.0. The minimum absolute atomic E-state index is 0.134. The number of rotatable bonds is 5. The first-order valence-electron chi connectivity index (χ1n) is 6.83. The molecule has 122 valence electrons. The molecule has 3 rings (SSSR count). The molecule has 24 heavy (non-hydrogen) atoms. The summed E-state index contributed by atoms with van der Waals surface area (Å²) in [6.45, 7) is 0. The van der Waals surface area contributed by atoms with E-state index in [0.717, 1.165) is 5.56 Å². The van der Waals surface area contributed by atoms with Crippen molar-refractivity contribution < 1.29 is 4.79 Å². The number of aromatic amines is 1. The summed E-state index contributed by atoms with van der Waals surface area (Å²) >= 11 is 13.3. The van der Waals surface area contributed by atoms with E-state index in [-0.39, 0.29) is 11.7 Å². The van der Waals surface area contributed by atoms with Crippen molar-refractivity contribution in [2.75, 3.05) is 11.1 Å². The lowest BCUT2D eigenvalue weighted by atomic mass is 10.3. The number of anilines is 1. The predicted octanol–water partition coefficient (Wildman–Crippen LogP) is 3.90. The van der Waals surface area contributed by atoms with Crippen LogP contribution in [0.15, 0.2) is 47.9 Å². The fourth-order valence-corrected chi connectivity index (χ4v) is 2.96. The second kappa shape index (κ2) is 7.65. The van der Waals surface area contributed by atoms with Gasteiger partial charge in [0.15, 0.2) is 5.82 Å². The molecule has 0 aliphatic rings. The van der Waals surface area contributed by atoms with E-state index >= 15 is 0 Å². The zero-order chi connectivity index (χ0) is 16.9. The number of thioether (sulfide) groups is 1. The second-order valence-corrected chi connectivity index (χ2v) is 6.39. The Balaban J connectivity index is 1.60. The number of carbonyl (C=O) groups is 1. The van der Waals surface area contributed by atoms with Gasteiger partial charge >= 0.3 is 0 Å². The molecule has 0 radical (unpaired) electrons. The van der Waals surface area contributed by atoms with E-state index in [1.165, 1.54) is 11.8 Å². The third kappa shape index (κ3) is 4.05. The van der Waals surface area contributed by atoms with Gasteiger partial charge in [0, 0.05) is 18.0 Å². The van der Waals surface area contributed by atoms with Gasteiger partial charge in [-0.25, -0.2) is 4.98 Å². The number of amides is 1. The number of benzene rings is 1. The number of nitrogens with zero attached hydrogens (tertiary/aromatic N) is 3. The maximum absolute atomic E-state index is 12.0. The highest BCUT2D eigenvalue weighted by atomic mass is 35.5. The summed E-state index contributed by atoms with van der Waals surface area (Å²) < 4.78 is 0. The molecule has 1 amide bonds. The van der Waals surface area contributed by atoms with Crippen LogP contribution in [0, 0.1) is 0 Å². The Labute approximate surface area is 152 Å². The van der Waals surface area contributed by atoms with Gasteiger partial charge in [0.1, 0.15) is 0 Å². The summed E-state index contributed by atoms with van der Waals surface area (Å²) in [6.07, 6.45) is 3.34. The van der Waals surface area contributed by atoms with Gasteiger partial charge in [-0.1, -0.05) is 41.0 Å². The van der Waals surface area contributed by atoms with Crippen LogP contribution < -0.4 is 5.32 Å². The van der Waals surface area contributed by atoms with E-state index in [2.05, 4.69) is 25.5 Å². The molecule has 2 N–H and O–H groups in total. The summed E-state index contributed by atoms with van der Waals surface area (Å²) in [4.78, 5) is 20.3. The maximum Gasteiger partial charge on any atom is 0.234 e. The summed E-state index contributed by atoms with van der Waals surface area (Å²) in [7, 11) is 0. The van der Waals surface area contributed by atoms with E-state index in [1.54, 1.807) is 30.6 Å². The molecule has 2 heterocycles. The number of halogens is 2. The molecule has 0 aliphatic carbocycles. The van der Waals surface area contributed by atoms with Crippen LogP contribution >= 0.6 is 35.0 Å². The lowest BCUT2D eigenvalue weighted by Crippen LogP contribution is -2.14. The minimum Gasteiger partial charge on any atom is -0.323 e. The van der Waals surface area contributed by atoms with Crippen LogP contribution in [0.5, 0.6) is 0 Å². The van der Waals surface area contributed by atoms with Crippen molar-refractivity contribution in [3.05, 3.63) is 52.8 Å². The quantitative estimate of drug-likeness (QED) is 0.656. The molecule has 0 aliphatic heterocycles. The summed E-state index contributed by atoms with van der Waals surface area (Å²) in [5.74, 6) is 0.509. The fourth-order valence-electron chi connectivity index (χ4n) is 1.87. The third-order valence-electron chi connectivity index (χ3n) is 2.98. The zero-order valence-corrected chi connectivity index (χ0v) is 14.5. The highest BCUT2D eigenvalue weighted by Gasteiger charge is 2.12. The molecule has 0 saturated carbocycles. The highest BCUT2D eigenvalue weighted by molar-refractivity contribution is 7.99. The number of hydrogen-bond donors (Lipinski definition) is 2. The second-order valence-electron chi connectivity index (χ2n) is 4.64. The average Bonchev–Trinajstić information content (AvgIpc) is 3.06. The Morgan fingerprint density at radius 1 is 1.17 bits per heavy atom. The molecule has 0 atom stereocenters. The van der Waals surface area contributed by atoms with Crippen LogP contribution in [0.2, 0.25) is 10.0 Å². The topological polar surface area (TPSA) is 83.6 Å². The molecular weight excluding hydrogens is 369 g/mol. The van der Waals surface area contributed by atoms with Crippen molar-refractivity contribution in [3.8, 4) is 11.4 Å². The number of para-hydroxylation sites is 1. The van der Waals surface area contributed by atoms with Crippen LogP contribution in [-0.4, -0.2) is 31.8 Å². The first-order valence-corrected chi connectivity index (χ1v) is 8.57. The zero-order valence-electron chi connectivity index (χ0n) is 12.2. The Hall–Kier alpha value is -2.09. The summed E-state index contributed by atoms with van der Waals surface area (Å²) in [6, 6.07) is 8.67. The van der Waals surface area contributed by atoms with Crippen LogP contribution in [0.25, 0.3) is 11.4 Å². The average molecular weight is 380 g/mol. The molecule has 0 spiro atoms. The molecule has 0 saturated heterocycles. The van der Waals surface area contributed by atoms with Gasteiger partial charge in [0.25, 0.3) is 0 Å². The molecular formula is C15H11Cl2N5OS. The first kappa shape index (κ1) is 16.8. The van der Waals surface area contributed by atoms with Crippen molar-refractivity contribution in [2.45, 2.75) is 5.16 Å². The number of hydrogen-bond acceptors (Lipinski definition) is 5. The molecule has 9 heteroatoms. The molecule has 0 bridgehead atoms. The molecule has 3 aromatic rings. The van der Waals surface area contributed by atoms with E-state index < -0.39 is 0 Å². The monoisotopic (exact) mass is 379 g/mol. The SMILES string of the molecule is O=C(CSc1n[nH]c(-c2ccncc2)n1)Nc1c(Cl)cccc1Cl. The molecule has 1 aromatic carbocycles. The van der Waals surface area contributed by atoms with Crippen LogP contribution in [-0.2, 0) is 4.79 Å². The summed E-state index contributed by atoms with van der Waals surface area (Å²) in [5, 5.41) is 10.9. The standard InChI is InChI=1S/C15H11Cl2N5OS/c16-10-2-1-3-11(17)13(10)19-12(23)8-24-15-20-14(21-22-15)9-4-6-18-7-5-9/h1-7H,8H2,(H,19,23)(H,20,21,22). The van der Waals surface area contributed by atoms with Crippen LogP contribution in [0.3, 0.4) is 0 Å². The van der Waals surface area contributed by atoms with Gasteiger partial charge in [-0.2, -0.15) is 0 Å². The molecule has 2 aromatic heterocycles. The van der Waals surface area contributed by atoms with Crippen LogP contribution in [0.4, 0.5) is 5.69 Å². The fraction of sp³-hybridized carbons (Fsp3) is 0.0667. The Morgan fingerprint density at radius 2 is 1.88 bits per heavy atom. The number of carbonyl (C=O) groups excluding carboxylic acids is 1. The van der Waals surface area contributed by atoms with Crippen molar-refractivity contribution in [1.82, 2.24) is 20.2 Å². The van der Waals surface area contributed by atoms with Gasteiger partial charge in [-0.15, -0.1) is 5.10 Å². The van der Waals surface area contributed by atoms with Crippen molar-refractivity contribution in [3.63, 3.8) is 0 Å². The largest absolute Gasteiger partial charge is 0.323 e. The van der Waals surface area contributed by atoms with Gasteiger partial charge in [-0.3, -0.25) is 14.9 Å². The number of aromatic nitrogens is 4. The number of nitrogens with one attached hydrogen (secondary N) is 2. The van der Waals surface area contributed by atoms with Crippen molar-refractivity contribution in [1.29, 1.82) is 0 Å². The minimum atomic E-state index is -0.245. The number of H-pyrrole nitrogens is 1. The predicted molar refractivity (Wildman–Crippen MR) is 95.4 cm³/mol. The summed E-state index contributed by atoms with van der Waals surface area (Å²) in [5.41, 5.74) is 1.27.